The monoisotopic (exact) mass is 339 g/mol. The molecule has 0 bridgehead atoms. The first kappa shape index (κ1) is 14.1. The Morgan fingerprint density at radius 2 is 2.05 bits per heavy atom. The van der Waals surface area contributed by atoms with Crippen LogP contribution in [0.3, 0.4) is 0 Å². The van der Waals surface area contributed by atoms with E-state index in [2.05, 4.69) is 10.4 Å². The lowest BCUT2D eigenvalue weighted by atomic mass is 10.2. The Morgan fingerprint density at radius 1 is 1.29 bits per heavy atom. The second kappa shape index (κ2) is 5.48. The van der Waals surface area contributed by atoms with Crippen LogP contribution in [0.15, 0.2) is 41.5 Å². The molecule has 1 N–H and O–H groups in total. The van der Waals surface area contributed by atoms with E-state index in [0.29, 0.717) is 15.2 Å². The van der Waals surface area contributed by atoms with Crippen molar-refractivity contribution in [2.24, 2.45) is 0 Å². The van der Waals surface area contributed by atoms with Crippen molar-refractivity contribution in [1.29, 1.82) is 0 Å². The lowest BCUT2D eigenvalue weighted by molar-refractivity contribution is 0.101. The van der Waals surface area contributed by atoms with Crippen molar-refractivity contribution in [3.63, 3.8) is 0 Å². The first-order valence-electron chi connectivity index (χ1n) is 5.79. The van der Waals surface area contributed by atoms with Gasteiger partial charge in [-0.1, -0.05) is 35.3 Å². The lowest BCUT2D eigenvalue weighted by Crippen LogP contribution is -2.33. The largest absolute Gasteiger partial charge is 0.280 e. The molecule has 106 valence electrons. The molecular weight excluding hydrogens is 333 g/mol. The van der Waals surface area contributed by atoms with Crippen LogP contribution in [0.25, 0.3) is 10.9 Å². The zero-order chi connectivity index (χ0) is 15.0. The van der Waals surface area contributed by atoms with Crippen molar-refractivity contribution >= 4 is 51.3 Å². The number of para-hydroxylation sites is 1. The maximum absolute atomic E-state index is 12.2. The van der Waals surface area contributed by atoms with E-state index >= 15 is 0 Å². The zero-order valence-electron chi connectivity index (χ0n) is 10.3. The van der Waals surface area contributed by atoms with Gasteiger partial charge in [-0.3, -0.25) is 15.0 Å². The van der Waals surface area contributed by atoms with Crippen LogP contribution in [-0.4, -0.2) is 15.6 Å². The molecule has 0 spiro atoms. The number of nitrogens with one attached hydrogen (secondary N) is 1. The van der Waals surface area contributed by atoms with E-state index in [1.54, 1.807) is 24.3 Å². The van der Waals surface area contributed by atoms with Crippen LogP contribution >= 0.6 is 34.5 Å². The van der Waals surface area contributed by atoms with Gasteiger partial charge in [0, 0.05) is 0 Å². The molecule has 1 aromatic carbocycles. The molecule has 3 rings (SSSR count). The van der Waals surface area contributed by atoms with Crippen LogP contribution < -0.4 is 11.0 Å². The Labute approximate surface area is 132 Å². The van der Waals surface area contributed by atoms with E-state index < -0.39 is 5.91 Å². The standard InChI is InChI=1S/C13H7Cl2N3O2S/c14-10-5-8(11(15)21-10)12(19)17-18-6-16-9-4-2-1-3-7(9)13(18)20/h1-6H,(H,17,19). The highest BCUT2D eigenvalue weighted by molar-refractivity contribution is 7.20. The number of aromatic nitrogens is 2. The summed E-state index contributed by atoms with van der Waals surface area (Å²) in [6.07, 6.45) is 1.25. The third-order valence-corrected chi connectivity index (χ3v) is 4.28. The van der Waals surface area contributed by atoms with E-state index in [-0.39, 0.29) is 15.5 Å². The van der Waals surface area contributed by atoms with Crippen LogP contribution in [0.4, 0.5) is 0 Å². The highest BCUT2D eigenvalue weighted by Gasteiger charge is 2.15. The summed E-state index contributed by atoms with van der Waals surface area (Å²) >= 11 is 12.8. The molecule has 0 saturated carbocycles. The average molecular weight is 340 g/mol. The number of carbonyl (C=O) groups is 1. The fraction of sp³-hybridized carbons (Fsp3) is 0. The van der Waals surface area contributed by atoms with Gasteiger partial charge >= 0.3 is 0 Å². The quantitative estimate of drug-likeness (QED) is 0.779. The molecule has 0 unspecified atom stereocenters. The highest BCUT2D eigenvalue weighted by Crippen LogP contribution is 2.31. The summed E-state index contributed by atoms with van der Waals surface area (Å²) in [6, 6.07) is 8.32. The second-order valence-electron chi connectivity index (χ2n) is 4.12. The maximum atomic E-state index is 12.2. The fourth-order valence-electron chi connectivity index (χ4n) is 1.81. The van der Waals surface area contributed by atoms with Gasteiger partial charge in [-0.25, -0.2) is 9.66 Å². The molecule has 0 saturated heterocycles. The second-order valence-corrected chi connectivity index (χ2v) is 6.40. The highest BCUT2D eigenvalue weighted by atomic mass is 35.5. The number of fused-ring (bicyclic) bond motifs is 1. The molecule has 0 atom stereocenters. The van der Waals surface area contributed by atoms with Gasteiger partial charge in [-0.05, 0) is 18.2 Å². The Kier molecular flexibility index (Phi) is 3.67. The Morgan fingerprint density at radius 3 is 2.76 bits per heavy atom. The molecule has 3 aromatic rings. The Bertz CT molecular complexity index is 904. The summed E-state index contributed by atoms with van der Waals surface area (Å²) in [5.74, 6) is -0.526. The molecule has 0 aliphatic rings. The number of carbonyl (C=O) groups excluding carboxylic acids is 1. The molecule has 0 aliphatic carbocycles. The average Bonchev–Trinajstić information content (AvgIpc) is 2.81. The Balaban J connectivity index is 1.99. The van der Waals surface area contributed by atoms with Gasteiger partial charge in [-0.15, -0.1) is 11.3 Å². The minimum Gasteiger partial charge on any atom is -0.267 e. The summed E-state index contributed by atoms with van der Waals surface area (Å²) in [4.78, 5) is 28.4. The predicted molar refractivity (Wildman–Crippen MR) is 84.0 cm³/mol. The van der Waals surface area contributed by atoms with Crippen LogP contribution in [0.5, 0.6) is 0 Å². The number of nitrogens with zero attached hydrogens (tertiary/aromatic N) is 2. The predicted octanol–water partition coefficient (Wildman–Crippen LogP) is 3.15. The number of amides is 1. The van der Waals surface area contributed by atoms with E-state index in [1.807, 2.05) is 0 Å². The summed E-state index contributed by atoms with van der Waals surface area (Å²) in [7, 11) is 0. The third kappa shape index (κ3) is 2.65. The normalized spacial score (nSPS) is 10.8. The van der Waals surface area contributed by atoms with E-state index in [1.165, 1.54) is 12.4 Å². The van der Waals surface area contributed by atoms with Gasteiger partial charge in [0.1, 0.15) is 10.7 Å². The number of benzene rings is 1. The minimum atomic E-state index is -0.526. The summed E-state index contributed by atoms with van der Waals surface area (Å²) in [5, 5.41) is 0.412. The van der Waals surface area contributed by atoms with E-state index in [4.69, 9.17) is 23.2 Å². The van der Waals surface area contributed by atoms with Crippen molar-refractivity contribution in [2.45, 2.75) is 0 Å². The summed E-state index contributed by atoms with van der Waals surface area (Å²) in [5.41, 5.74) is 2.84. The molecule has 21 heavy (non-hydrogen) atoms. The number of hydrogen-bond donors (Lipinski definition) is 1. The molecular formula is C13H7Cl2N3O2S. The van der Waals surface area contributed by atoms with Gasteiger partial charge in [0.05, 0.1) is 20.8 Å². The molecule has 2 aromatic heterocycles. The molecule has 5 nitrogen and oxygen atoms in total. The topological polar surface area (TPSA) is 64.0 Å². The zero-order valence-corrected chi connectivity index (χ0v) is 12.7. The van der Waals surface area contributed by atoms with E-state index in [0.717, 1.165) is 16.0 Å². The number of halogens is 2. The first-order chi connectivity index (χ1) is 10.1. The fourth-order valence-corrected chi connectivity index (χ4v) is 3.27. The number of hydrogen-bond acceptors (Lipinski definition) is 4. The van der Waals surface area contributed by atoms with Crippen LogP contribution in [0, 0.1) is 0 Å². The third-order valence-electron chi connectivity index (χ3n) is 2.79. The van der Waals surface area contributed by atoms with Crippen molar-refractivity contribution in [3.8, 4) is 0 Å². The van der Waals surface area contributed by atoms with Crippen molar-refractivity contribution in [3.05, 3.63) is 61.2 Å². The van der Waals surface area contributed by atoms with Crippen LogP contribution in [-0.2, 0) is 0 Å². The summed E-state index contributed by atoms with van der Waals surface area (Å²) in [6.45, 7) is 0. The molecule has 0 aliphatic heterocycles. The maximum Gasteiger partial charge on any atom is 0.280 e. The molecule has 0 radical (unpaired) electrons. The van der Waals surface area contributed by atoms with Crippen molar-refractivity contribution in [2.75, 3.05) is 5.43 Å². The number of thiophene rings is 1. The minimum absolute atomic E-state index is 0.215. The smallest absolute Gasteiger partial charge is 0.267 e. The Hall–Kier alpha value is -1.89. The molecule has 8 heteroatoms. The van der Waals surface area contributed by atoms with Crippen LogP contribution in [0.1, 0.15) is 10.4 Å². The van der Waals surface area contributed by atoms with Crippen molar-refractivity contribution < 1.29 is 4.79 Å². The van der Waals surface area contributed by atoms with Crippen molar-refractivity contribution in [1.82, 2.24) is 9.66 Å². The molecule has 1 amide bonds. The SMILES string of the molecule is O=C(Nn1cnc2ccccc2c1=O)c1cc(Cl)sc1Cl. The number of rotatable bonds is 2. The van der Waals surface area contributed by atoms with Gasteiger partial charge in [0.15, 0.2) is 0 Å². The van der Waals surface area contributed by atoms with Gasteiger partial charge in [0.25, 0.3) is 11.5 Å². The molecule has 0 fully saturated rings. The molecule has 2 heterocycles. The van der Waals surface area contributed by atoms with E-state index in [9.17, 15) is 9.59 Å². The lowest BCUT2D eigenvalue weighted by Gasteiger charge is -2.07. The first-order valence-corrected chi connectivity index (χ1v) is 7.36. The van der Waals surface area contributed by atoms with Crippen LogP contribution in [0.2, 0.25) is 8.67 Å². The van der Waals surface area contributed by atoms with Gasteiger partial charge < -0.3 is 0 Å². The van der Waals surface area contributed by atoms with Gasteiger partial charge in [0.2, 0.25) is 0 Å². The summed E-state index contributed by atoms with van der Waals surface area (Å²) < 4.78 is 1.68. The van der Waals surface area contributed by atoms with Gasteiger partial charge in [-0.2, -0.15) is 0 Å².